The molecule has 1 unspecified atom stereocenters. The van der Waals surface area contributed by atoms with E-state index in [1.54, 1.807) is 13.8 Å². The molecule has 0 bridgehead atoms. The summed E-state index contributed by atoms with van der Waals surface area (Å²) in [5, 5.41) is 18.1. The van der Waals surface area contributed by atoms with E-state index in [0.29, 0.717) is 16.6 Å². The molecule has 3 aromatic rings. The highest BCUT2D eigenvalue weighted by Gasteiger charge is 2.33. The Morgan fingerprint density at radius 3 is 2.61 bits per heavy atom. The fraction of sp³-hybridized carbons (Fsp3) is 0.400. The predicted molar refractivity (Wildman–Crippen MR) is 117 cm³/mol. The van der Waals surface area contributed by atoms with Gasteiger partial charge in [0, 0.05) is 5.39 Å². The zero-order valence-corrected chi connectivity index (χ0v) is 18.5. The summed E-state index contributed by atoms with van der Waals surface area (Å²) in [5.41, 5.74) is 6.26. The topological polar surface area (TPSA) is 146 Å². The fourth-order valence-electron chi connectivity index (χ4n) is 3.82. The van der Waals surface area contributed by atoms with Crippen molar-refractivity contribution in [2.75, 3.05) is 5.32 Å². The van der Waals surface area contributed by atoms with Crippen molar-refractivity contribution >= 4 is 44.9 Å². The number of nitrogens with two attached hydrogens (primary N) is 1. The molecule has 0 aromatic carbocycles. The number of thiophene rings is 1. The molecule has 10 nitrogen and oxygen atoms in total. The SMILES string of the molecule is CCC(C(=O)Nc1c(C(N)=O)sc2nc(C(F)F)cc(C3CC3)c12)n1nc([N+](=O)[O-])cc1C. The molecular weight excluding hydrogens is 458 g/mol. The number of anilines is 1. The van der Waals surface area contributed by atoms with Crippen LogP contribution in [0.3, 0.4) is 0 Å². The van der Waals surface area contributed by atoms with Gasteiger partial charge in [-0.2, -0.15) is 4.68 Å². The highest BCUT2D eigenvalue weighted by molar-refractivity contribution is 7.21. The summed E-state index contributed by atoms with van der Waals surface area (Å²) >= 11 is 0.846. The molecular formula is C20H20F2N6O4S. The molecule has 3 N–H and O–H groups in total. The van der Waals surface area contributed by atoms with Gasteiger partial charge in [-0.3, -0.25) is 9.59 Å². The maximum atomic E-state index is 13.4. The molecule has 1 fully saturated rings. The van der Waals surface area contributed by atoms with Crippen molar-refractivity contribution < 1.29 is 23.3 Å². The summed E-state index contributed by atoms with van der Waals surface area (Å²) in [7, 11) is 0. The van der Waals surface area contributed by atoms with Crippen molar-refractivity contribution in [3.05, 3.63) is 44.1 Å². The van der Waals surface area contributed by atoms with Crippen molar-refractivity contribution in [2.24, 2.45) is 5.73 Å². The van der Waals surface area contributed by atoms with E-state index in [1.807, 2.05) is 0 Å². The minimum atomic E-state index is -2.79. The maximum Gasteiger partial charge on any atom is 0.390 e. The number of nitro groups is 1. The van der Waals surface area contributed by atoms with Crippen molar-refractivity contribution in [3.8, 4) is 0 Å². The van der Waals surface area contributed by atoms with E-state index in [4.69, 9.17) is 5.73 Å². The molecule has 2 amide bonds. The van der Waals surface area contributed by atoms with Gasteiger partial charge in [-0.15, -0.1) is 11.3 Å². The van der Waals surface area contributed by atoms with Crippen LogP contribution in [0.1, 0.15) is 71.2 Å². The number of carbonyl (C=O) groups excluding carboxylic acids is 2. The van der Waals surface area contributed by atoms with Crippen LogP contribution in [-0.2, 0) is 4.79 Å². The molecule has 0 aliphatic heterocycles. The number of amides is 2. The lowest BCUT2D eigenvalue weighted by atomic mass is 10.0. The average molecular weight is 478 g/mol. The number of aromatic nitrogens is 3. The van der Waals surface area contributed by atoms with Crippen molar-refractivity contribution in [1.29, 1.82) is 0 Å². The highest BCUT2D eigenvalue weighted by Crippen LogP contribution is 2.48. The Labute approximate surface area is 189 Å². The lowest BCUT2D eigenvalue weighted by Crippen LogP contribution is -2.28. The van der Waals surface area contributed by atoms with E-state index in [1.165, 1.54) is 16.8 Å². The van der Waals surface area contributed by atoms with Gasteiger partial charge in [0.15, 0.2) is 6.04 Å². The van der Waals surface area contributed by atoms with Gasteiger partial charge in [-0.1, -0.05) is 6.92 Å². The Bertz CT molecular complexity index is 1280. The summed E-state index contributed by atoms with van der Waals surface area (Å²) in [6, 6.07) is 1.66. The number of alkyl halides is 2. The van der Waals surface area contributed by atoms with E-state index in [0.717, 1.165) is 24.2 Å². The van der Waals surface area contributed by atoms with Crippen molar-refractivity contribution in [1.82, 2.24) is 14.8 Å². The number of halogens is 2. The number of pyridine rings is 1. The molecule has 1 atom stereocenters. The van der Waals surface area contributed by atoms with Gasteiger partial charge in [-0.25, -0.2) is 13.8 Å². The van der Waals surface area contributed by atoms with Gasteiger partial charge in [0.05, 0.1) is 22.5 Å². The molecule has 174 valence electrons. The van der Waals surface area contributed by atoms with Crippen LogP contribution in [0.2, 0.25) is 0 Å². The van der Waals surface area contributed by atoms with E-state index in [9.17, 15) is 28.5 Å². The quantitative estimate of drug-likeness (QED) is 0.366. The second kappa shape index (κ2) is 8.46. The molecule has 3 heterocycles. The summed E-state index contributed by atoms with van der Waals surface area (Å²) in [6.45, 7) is 3.30. The van der Waals surface area contributed by atoms with Crippen molar-refractivity contribution in [2.45, 2.75) is 51.5 Å². The Kier molecular flexibility index (Phi) is 5.82. The molecule has 13 heteroatoms. The van der Waals surface area contributed by atoms with Crippen LogP contribution in [-0.4, -0.2) is 31.5 Å². The molecule has 0 spiro atoms. The number of nitrogens with zero attached hydrogens (tertiary/aromatic N) is 4. The number of primary amides is 1. The third kappa shape index (κ3) is 4.15. The first-order chi connectivity index (χ1) is 15.6. The number of nitrogens with one attached hydrogen (secondary N) is 1. The van der Waals surface area contributed by atoms with Gasteiger partial charge in [-0.05, 0) is 48.7 Å². The second-order valence-corrected chi connectivity index (χ2v) is 8.82. The summed E-state index contributed by atoms with van der Waals surface area (Å²) < 4.78 is 28.0. The normalized spacial score (nSPS) is 14.6. The Morgan fingerprint density at radius 1 is 1.39 bits per heavy atom. The molecule has 1 aliphatic carbocycles. The monoisotopic (exact) mass is 478 g/mol. The van der Waals surface area contributed by atoms with E-state index >= 15 is 0 Å². The highest BCUT2D eigenvalue weighted by atomic mass is 32.1. The zero-order chi connectivity index (χ0) is 24.0. The number of carbonyl (C=O) groups is 2. The molecule has 1 saturated carbocycles. The molecule has 3 aromatic heterocycles. The maximum absolute atomic E-state index is 13.4. The lowest BCUT2D eigenvalue weighted by Gasteiger charge is -2.15. The van der Waals surface area contributed by atoms with Crippen LogP contribution >= 0.6 is 11.3 Å². The molecule has 33 heavy (non-hydrogen) atoms. The van der Waals surface area contributed by atoms with Crippen LogP contribution in [0.15, 0.2) is 12.1 Å². The standard InChI is InChI=1S/C20H20F2N6O4S/c1-3-12(27-8(2)6-13(26-27)28(31)32)19(30)25-15-14-10(9-4-5-9)7-11(17(21)22)24-20(14)33-16(15)18(23)29/h6-7,9,12,17H,3-5H2,1-2H3,(H2,23,29)(H,25,30). The summed E-state index contributed by atoms with van der Waals surface area (Å²) in [4.78, 5) is 40.0. The Morgan fingerprint density at radius 2 is 2.09 bits per heavy atom. The molecule has 0 saturated heterocycles. The number of hydrogen-bond donors (Lipinski definition) is 2. The van der Waals surface area contributed by atoms with Crippen LogP contribution in [0.25, 0.3) is 10.2 Å². The largest absolute Gasteiger partial charge is 0.390 e. The smallest absolute Gasteiger partial charge is 0.365 e. The van der Waals surface area contributed by atoms with Crippen LogP contribution < -0.4 is 11.1 Å². The number of hydrogen-bond acceptors (Lipinski definition) is 7. The third-order valence-corrected chi connectivity index (χ3v) is 6.60. The lowest BCUT2D eigenvalue weighted by molar-refractivity contribution is -0.389. The van der Waals surface area contributed by atoms with E-state index < -0.39 is 40.7 Å². The average Bonchev–Trinajstić information content (AvgIpc) is 3.43. The van der Waals surface area contributed by atoms with Crippen LogP contribution in [0.5, 0.6) is 0 Å². The van der Waals surface area contributed by atoms with E-state index in [2.05, 4.69) is 15.4 Å². The Balaban J connectivity index is 1.80. The first-order valence-electron chi connectivity index (χ1n) is 10.2. The van der Waals surface area contributed by atoms with Gasteiger partial charge < -0.3 is 21.2 Å². The van der Waals surface area contributed by atoms with Gasteiger partial charge in [0.25, 0.3) is 18.2 Å². The Hall–Kier alpha value is -3.48. The van der Waals surface area contributed by atoms with E-state index in [-0.39, 0.29) is 27.7 Å². The second-order valence-electron chi connectivity index (χ2n) is 7.82. The van der Waals surface area contributed by atoms with Gasteiger partial charge in [0.1, 0.15) is 15.4 Å². The minimum absolute atomic E-state index is 0.00260. The summed E-state index contributed by atoms with van der Waals surface area (Å²) in [5.74, 6) is -1.76. The van der Waals surface area contributed by atoms with Crippen LogP contribution in [0, 0.1) is 17.0 Å². The van der Waals surface area contributed by atoms with Gasteiger partial charge >= 0.3 is 5.82 Å². The summed E-state index contributed by atoms with van der Waals surface area (Å²) in [6.07, 6.45) is -0.940. The minimum Gasteiger partial charge on any atom is -0.365 e. The van der Waals surface area contributed by atoms with Gasteiger partial charge in [0.2, 0.25) is 0 Å². The molecule has 4 rings (SSSR count). The molecule has 0 radical (unpaired) electrons. The van der Waals surface area contributed by atoms with Crippen LogP contribution in [0.4, 0.5) is 20.3 Å². The number of fused-ring (bicyclic) bond motifs is 1. The number of aryl methyl sites for hydroxylation is 1. The first kappa shape index (κ1) is 22.7. The predicted octanol–water partition coefficient (Wildman–Crippen LogP) is 4.21. The fourth-order valence-corrected chi connectivity index (χ4v) is 4.84. The first-order valence-corrected chi connectivity index (χ1v) is 11.0. The third-order valence-electron chi connectivity index (χ3n) is 5.51. The molecule has 1 aliphatic rings. The number of rotatable bonds is 8. The van der Waals surface area contributed by atoms with Crippen molar-refractivity contribution in [3.63, 3.8) is 0 Å². The zero-order valence-electron chi connectivity index (χ0n) is 17.7.